The number of benzene rings is 2. The number of carbonyl (C=O) groups is 1. The van der Waals surface area contributed by atoms with Crippen molar-refractivity contribution in [1.29, 1.82) is 0 Å². The summed E-state index contributed by atoms with van der Waals surface area (Å²) in [7, 11) is 0. The number of halogens is 4. The zero-order valence-corrected chi connectivity index (χ0v) is 17.4. The number of hydrogen-bond acceptors (Lipinski definition) is 6. The fraction of sp³-hybridized carbons (Fsp3) is 0.318. The minimum atomic E-state index is -4.46. The average Bonchev–Trinajstić information content (AvgIpc) is 3.27. The fourth-order valence-corrected chi connectivity index (χ4v) is 3.41. The maximum absolute atomic E-state index is 13.6. The van der Waals surface area contributed by atoms with Gasteiger partial charge in [0.1, 0.15) is 0 Å². The van der Waals surface area contributed by atoms with Gasteiger partial charge in [-0.25, -0.2) is 4.39 Å². The quantitative estimate of drug-likeness (QED) is 0.519. The van der Waals surface area contributed by atoms with Gasteiger partial charge in [0.05, 0.1) is 12.1 Å². The van der Waals surface area contributed by atoms with E-state index in [-0.39, 0.29) is 35.5 Å². The summed E-state index contributed by atoms with van der Waals surface area (Å²) in [6.45, 7) is 1.99. The lowest BCUT2D eigenvalue weighted by Gasteiger charge is -2.33. The Morgan fingerprint density at radius 3 is 2.55 bits per heavy atom. The molecular formula is C22H20F4N4O3. The van der Waals surface area contributed by atoms with Crippen LogP contribution in [0.15, 0.2) is 53.1 Å². The molecule has 0 bridgehead atoms. The molecule has 0 unspecified atom stereocenters. The maximum atomic E-state index is 13.6. The third-order valence-electron chi connectivity index (χ3n) is 5.19. The molecule has 2 aromatic carbocycles. The Hall–Kier alpha value is -3.47. The molecule has 1 fully saturated rings. The van der Waals surface area contributed by atoms with Gasteiger partial charge in [-0.05, 0) is 24.3 Å². The molecule has 3 aromatic rings. The normalized spacial score (nSPS) is 15.0. The van der Waals surface area contributed by atoms with Crippen molar-refractivity contribution in [2.45, 2.75) is 12.7 Å². The number of para-hydroxylation sites is 1. The van der Waals surface area contributed by atoms with E-state index in [1.54, 1.807) is 11.0 Å². The molecule has 0 aliphatic carbocycles. The third kappa shape index (κ3) is 5.67. The second-order valence-corrected chi connectivity index (χ2v) is 7.47. The molecule has 1 saturated heterocycles. The van der Waals surface area contributed by atoms with Gasteiger partial charge >= 0.3 is 6.18 Å². The summed E-state index contributed by atoms with van der Waals surface area (Å²) in [5, 5.41) is 3.79. The highest BCUT2D eigenvalue weighted by Gasteiger charge is 2.31. The van der Waals surface area contributed by atoms with Crippen LogP contribution in [0.1, 0.15) is 11.5 Å². The lowest BCUT2D eigenvalue weighted by molar-refractivity contribution is -0.137. The third-order valence-corrected chi connectivity index (χ3v) is 5.19. The topological polar surface area (TPSA) is 71.7 Å². The second kappa shape index (κ2) is 9.57. The molecule has 2 heterocycles. The number of piperazine rings is 1. The van der Waals surface area contributed by atoms with Crippen LogP contribution < -0.4 is 4.74 Å². The van der Waals surface area contributed by atoms with Gasteiger partial charge in [0.2, 0.25) is 11.7 Å². The lowest BCUT2D eigenvalue weighted by Crippen LogP contribution is -2.49. The van der Waals surface area contributed by atoms with Gasteiger partial charge in [-0.2, -0.15) is 18.2 Å². The van der Waals surface area contributed by atoms with Crippen LogP contribution in [0.3, 0.4) is 0 Å². The molecule has 33 heavy (non-hydrogen) atoms. The zero-order valence-electron chi connectivity index (χ0n) is 17.4. The minimum absolute atomic E-state index is 0.0254. The summed E-state index contributed by atoms with van der Waals surface area (Å²) in [5.74, 6) is -0.403. The van der Waals surface area contributed by atoms with E-state index < -0.39 is 17.6 Å². The SMILES string of the molecule is O=C(COc1ccccc1F)N1CCN(Cc2nc(-c3cccc(C(F)(F)F)c3)no2)CC1. The molecular weight excluding hydrogens is 444 g/mol. The van der Waals surface area contributed by atoms with Crippen molar-refractivity contribution in [3.05, 3.63) is 65.8 Å². The molecule has 1 aromatic heterocycles. The molecule has 1 amide bonds. The van der Waals surface area contributed by atoms with Gasteiger partial charge in [0.15, 0.2) is 18.2 Å². The van der Waals surface area contributed by atoms with Gasteiger partial charge in [-0.1, -0.05) is 29.4 Å². The minimum Gasteiger partial charge on any atom is -0.481 e. The van der Waals surface area contributed by atoms with E-state index in [1.165, 1.54) is 30.3 Å². The van der Waals surface area contributed by atoms with E-state index >= 15 is 0 Å². The van der Waals surface area contributed by atoms with Crippen molar-refractivity contribution in [3.8, 4) is 17.1 Å². The summed E-state index contributed by atoms with van der Waals surface area (Å²) in [5.41, 5.74) is -0.573. The Kier molecular flexibility index (Phi) is 6.59. The lowest BCUT2D eigenvalue weighted by atomic mass is 10.1. The van der Waals surface area contributed by atoms with Crippen LogP contribution in [0.25, 0.3) is 11.4 Å². The van der Waals surface area contributed by atoms with E-state index in [4.69, 9.17) is 9.26 Å². The number of ether oxygens (including phenoxy) is 1. The number of aromatic nitrogens is 2. The van der Waals surface area contributed by atoms with Crippen molar-refractivity contribution in [2.75, 3.05) is 32.8 Å². The largest absolute Gasteiger partial charge is 0.481 e. The molecule has 1 aliphatic rings. The summed E-state index contributed by atoms with van der Waals surface area (Å²) in [4.78, 5) is 20.2. The van der Waals surface area contributed by atoms with Crippen LogP contribution >= 0.6 is 0 Å². The smallest absolute Gasteiger partial charge is 0.416 e. The molecule has 0 spiro atoms. The Bertz CT molecular complexity index is 1110. The zero-order chi connectivity index (χ0) is 23.4. The highest BCUT2D eigenvalue weighted by atomic mass is 19.4. The van der Waals surface area contributed by atoms with E-state index in [1.807, 2.05) is 4.90 Å². The molecule has 7 nitrogen and oxygen atoms in total. The molecule has 0 saturated carbocycles. The number of alkyl halides is 3. The summed E-state index contributed by atoms with van der Waals surface area (Å²) in [6, 6.07) is 10.6. The Labute approximate surface area is 186 Å². The summed E-state index contributed by atoms with van der Waals surface area (Å²) >= 11 is 0. The predicted octanol–water partition coefficient (Wildman–Crippen LogP) is 3.62. The number of carbonyl (C=O) groups excluding carboxylic acids is 1. The first-order chi connectivity index (χ1) is 15.8. The summed E-state index contributed by atoms with van der Waals surface area (Å²) < 4.78 is 62.8. The van der Waals surface area contributed by atoms with Crippen LogP contribution in [0.2, 0.25) is 0 Å². The molecule has 4 rings (SSSR count). The van der Waals surface area contributed by atoms with Crippen molar-refractivity contribution in [3.63, 3.8) is 0 Å². The van der Waals surface area contributed by atoms with Gasteiger partial charge in [-0.3, -0.25) is 9.69 Å². The fourth-order valence-electron chi connectivity index (χ4n) is 3.41. The molecule has 0 radical (unpaired) electrons. The van der Waals surface area contributed by atoms with Crippen LogP contribution in [-0.4, -0.2) is 58.6 Å². The number of hydrogen-bond donors (Lipinski definition) is 0. The first-order valence-corrected chi connectivity index (χ1v) is 10.2. The Morgan fingerprint density at radius 2 is 1.82 bits per heavy atom. The van der Waals surface area contributed by atoms with E-state index in [0.717, 1.165) is 12.1 Å². The first kappa shape index (κ1) is 22.7. The van der Waals surface area contributed by atoms with E-state index in [2.05, 4.69) is 10.1 Å². The Morgan fingerprint density at radius 1 is 1.06 bits per heavy atom. The molecule has 174 valence electrons. The van der Waals surface area contributed by atoms with Crippen LogP contribution in [0, 0.1) is 5.82 Å². The molecule has 0 N–H and O–H groups in total. The number of amides is 1. The average molecular weight is 464 g/mol. The molecule has 1 aliphatic heterocycles. The second-order valence-electron chi connectivity index (χ2n) is 7.47. The molecule has 0 atom stereocenters. The molecule has 11 heteroatoms. The van der Waals surface area contributed by atoms with Gasteiger partial charge in [0.25, 0.3) is 5.91 Å². The van der Waals surface area contributed by atoms with Crippen molar-refractivity contribution in [1.82, 2.24) is 19.9 Å². The number of nitrogens with zero attached hydrogens (tertiary/aromatic N) is 4. The summed E-state index contributed by atoms with van der Waals surface area (Å²) in [6.07, 6.45) is -4.46. The van der Waals surface area contributed by atoms with Crippen molar-refractivity contribution < 1.29 is 31.6 Å². The van der Waals surface area contributed by atoms with E-state index in [0.29, 0.717) is 32.7 Å². The van der Waals surface area contributed by atoms with Crippen molar-refractivity contribution >= 4 is 5.91 Å². The Balaban J connectivity index is 1.28. The number of rotatable bonds is 6. The van der Waals surface area contributed by atoms with Gasteiger partial charge in [0, 0.05) is 31.7 Å². The standard InChI is InChI=1S/C22H20F4N4O3/c23-17-6-1-2-7-18(17)32-14-20(31)30-10-8-29(9-11-30)13-19-27-21(28-33-19)15-4-3-5-16(12-15)22(24,25)26/h1-7,12H,8-11,13-14H2. The monoisotopic (exact) mass is 464 g/mol. The van der Waals surface area contributed by atoms with Crippen LogP contribution in [-0.2, 0) is 17.5 Å². The highest BCUT2D eigenvalue weighted by molar-refractivity contribution is 5.77. The van der Waals surface area contributed by atoms with E-state index in [9.17, 15) is 22.4 Å². The van der Waals surface area contributed by atoms with Gasteiger partial charge in [-0.15, -0.1) is 0 Å². The van der Waals surface area contributed by atoms with Crippen molar-refractivity contribution in [2.24, 2.45) is 0 Å². The predicted molar refractivity (Wildman–Crippen MR) is 108 cm³/mol. The maximum Gasteiger partial charge on any atom is 0.416 e. The van der Waals surface area contributed by atoms with Gasteiger partial charge < -0.3 is 14.2 Å². The van der Waals surface area contributed by atoms with Crippen LogP contribution in [0.4, 0.5) is 17.6 Å². The first-order valence-electron chi connectivity index (χ1n) is 10.2. The van der Waals surface area contributed by atoms with Crippen LogP contribution in [0.5, 0.6) is 5.75 Å². The highest BCUT2D eigenvalue weighted by Crippen LogP contribution is 2.31.